The van der Waals surface area contributed by atoms with Crippen LogP contribution in [-0.4, -0.2) is 48.8 Å². The van der Waals surface area contributed by atoms with Crippen molar-refractivity contribution in [2.75, 3.05) is 37.6 Å². The Balaban J connectivity index is 1.55. The minimum Gasteiger partial charge on any atom is -0.371 e. The van der Waals surface area contributed by atoms with Crippen LogP contribution in [0.15, 0.2) is 30.5 Å². The maximum absolute atomic E-state index is 13.2. The fraction of sp³-hybridized carbons (Fsp3) is 0.591. The van der Waals surface area contributed by atoms with Gasteiger partial charge in [-0.2, -0.15) is 13.2 Å². The molecule has 0 unspecified atom stereocenters. The van der Waals surface area contributed by atoms with Gasteiger partial charge in [0.05, 0.1) is 11.9 Å². The Bertz CT molecular complexity index is 831. The summed E-state index contributed by atoms with van der Waals surface area (Å²) in [5.41, 5.74) is 2.21. The van der Waals surface area contributed by atoms with Crippen molar-refractivity contribution in [1.29, 1.82) is 0 Å². The molecule has 4 rings (SSSR count). The number of halogens is 3. The van der Waals surface area contributed by atoms with Gasteiger partial charge in [0.1, 0.15) is 0 Å². The average molecular weight is 391 g/mol. The zero-order valence-electron chi connectivity index (χ0n) is 16.6. The van der Waals surface area contributed by atoms with Crippen molar-refractivity contribution < 1.29 is 13.2 Å². The Hall–Kier alpha value is -1.82. The molecule has 2 saturated heterocycles. The molecule has 0 bridgehead atoms. The molecule has 28 heavy (non-hydrogen) atoms. The average Bonchev–Trinajstić information content (AvgIpc) is 2.59. The SMILES string of the molecule is CC(C)CN1CC2(CCN(c3c(CC(F)(F)F)ccc4ncccc34)CC2)C1. The highest BCUT2D eigenvalue weighted by Gasteiger charge is 2.45. The highest BCUT2D eigenvalue weighted by atomic mass is 19.4. The van der Waals surface area contributed by atoms with Gasteiger partial charge in [0.25, 0.3) is 0 Å². The molecule has 2 aliphatic rings. The third-order valence-corrected chi connectivity index (χ3v) is 6.11. The molecule has 0 saturated carbocycles. The number of hydrogen-bond donors (Lipinski definition) is 0. The second-order valence-corrected chi connectivity index (χ2v) is 8.99. The van der Waals surface area contributed by atoms with E-state index in [2.05, 4.69) is 28.6 Å². The molecular weight excluding hydrogens is 363 g/mol. The number of pyridine rings is 1. The van der Waals surface area contributed by atoms with Gasteiger partial charge in [-0.15, -0.1) is 0 Å². The van der Waals surface area contributed by atoms with Crippen LogP contribution in [0.3, 0.4) is 0 Å². The lowest BCUT2D eigenvalue weighted by molar-refractivity contribution is -0.127. The summed E-state index contributed by atoms with van der Waals surface area (Å²) in [5, 5.41) is 0.829. The third kappa shape index (κ3) is 3.97. The normalized spacial score (nSPS) is 20.1. The number of piperidine rings is 1. The molecular formula is C22H28F3N3. The van der Waals surface area contributed by atoms with Crippen molar-refractivity contribution in [3.63, 3.8) is 0 Å². The van der Waals surface area contributed by atoms with Crippen molar-refractivity contribution in [2.24, 2.45) is 11.3 Å². The van der Waals surface area contributed by atoms with Gasteiger partial charge in [-0.1, -0.05) is 19.9 Å². The molecule has 0 radical (unpaired) electrons. The number of rotatable bonds is 4. The van der Waals surface area contributed by atoms with Gasteiger partial charge in [0.2, 0.25) is 0 Å². The maximum atomic E-state index is 13.2. The Labute approximate surface area is 164 Å². The Morgan fingerprint density at radius 3 is 2.46 bits per heavy atom. The van der Waals surface area contributed by atoms with Crippen molar-refractivity contribution in [3.8, 4) is 0 Å². The first kappa shape index (κ1) is 19.5. The number of hydrogen-bond acceptors (Lipinski definition) is 3. The first-order valence-electron chi connectivity index (χ1n) is 10.2. The zero-order valence-corrected chi connectivity index (χ0v) is 16.6. The predicted molar refractivity (Wildman–Crippen MR) is 107 cm³/mol. The van der Waals surface area contributed by atoms with Crippen molar-refractivity contribution in [1.82, 2.24) is 9.88 Å². The van der Waals surface area contributed by atoms with E-state index in [-0.39, 0.29) is 0 Å². The fourth-order valence-corrected chi connectivity index (χ4v) is 4.98. The molecule has 1 aromatic carbocycles. The molecule has 2 aliphatic heterocycles. The van der Waals surface area contributed by atoms with E-state index in [4.69, 9.17) is 0 Å². The van der Waals surface area contributed by atoms with Gasteiger partial charge < -0.3 is 9.80 Å². The van der Waals surface area contributed by atoms with Gasteiger partial charge in [0.15, 0.2) is 0 Å². The number of benzene rings is 1. The first-order chi connectivity index (χ1) is 13.2. The molecule has 6 heteroatoms. The molecule has 2 fully saturated rings. The summed E-state index contributed by atoms with van der Waals surface area (Å²) < 4.78 is 39.5. The molecule has 0 N–H and O–H groups in total. The van der Waals surface area contributed by atoms with E-state index in [0.29, 0.717) is 16.9 Å². The number of nitrogens with zero attached hydrogens (tertiary/aromatic N) is 3. The van der Waals surface area contributed by atoms with Crippen LogP contribution < -0.4 is 4.90 Å². The maximum Gasteiger partial charge on any atom is 0.393 e. The van der Waals surface area contributed by atoms with Crippen molar-refractivity contribution in [2.45, 2.75) is 39.3 Å². The van der Waals surface area contributed by atoms with Crippen LogP contribution in [0.2, 0.25) is 0 Å². The number of alkyl halides is 3. The van der Waals surface area contributed by atoms with Crippen LogP contribution in [0.4, 0.5) is 18.9 Å². The van der Waals surface area contributed by atoms with Crippen LogP contribution in [-0.2, 0) is 6.42 Å². The largest absolute Gasteiger partial charge is 0.393 e. The van der Waals surface area contributed by atoms with Crippen LogP contribution in [0.5, 0.6) is 0 Å². The van der Waals surface area contributed by atoms with Gasteiger partial charge in [-0.25, -0.2) is 0 Å². The minimum absolute atomic E-state index is 0.360. The molecule has 0 aliphatic carbocycles. The molecule has 1 aromatic heterocycles. The number of likely N-dealkylation sites (tertiary alicyclic amines) is 1. The monoisotopic (exact) mass is 391 g/mol. The topological polar surface area (TPSA) is 19.4 Å². The lowest BCUT2D eigenvalue weighted by atomic mass is 9.71. The van der Waals surface area contributed by atoms with Crippen molar-refractivity contribution >= 4 is 16.6 Å². The number of fused-ring (bicyclic) bond motifs is 1. The summed E-state index contributed by atoms with van der Waals surface area (Å²) in [6.07, 6.45) is -1.32. The van der Waals surface area contributed by atoms with E-state index in [1.54, 1.807) is 18.3 Å². The van der Waals surface area contributed by atoms with Crippen LogP contribution in [0.1, 0.15) is 32.3 Å². The molecule has 152 valence electrons. The number of aromatic nitrogens is 1. The fourth-order valence-electron chi connectivity index (χ4n) is 4.98. The van der Waals surface area contributed by atoms with E-state index in [1.807, 2.05) is 12.1 Å². The lowest BCUT2D eigenvalue weighted by Crippen LogP contribution is -2.60. The molecule has 3 nitrogen and oxygen atoms in total. The highest BCUT2D eigenvalue weighted by Crippen LogP contribution is 2.43. The summed E-state index contributed by atoms with van der Waals surface area (Å²) in [6, 6.07) is 7.03. The summed E-state index contributed by atoms with van der Waals surface area (Å²) >= 11 is 0. The van der Waals surface area contributed by atoms with Gasteiger partial charge in [-0.3, -0.25) is 4.98 Å². The third-order valence-electron chi connectivity index (χ3n) is 6.11. The number of anilines is 1. The van der Waals surface area contributed by atoms with Crippen LogP contribution in [0.25, 0.3) is 10.9 Å². The van der Waals surface area contributed by atoms with E-state index in [9.17, 15) is 13.2 Å². The Kier molecular flexibility index (Phi) is 5.02. The minimum atomic E-state index is -4.22. The van der Waals surface area contributed by atoms with Gasteiger partial charge in [0, 0.05) is 50.0 Å². The second kappa shape index (κ2) is 7.21. The predicted octanol–water partition coefficient (Wildman–Crippen LogP) is 4.90. The quantitative estimate of drug-likeness (QED) is 0.739. The van der Waals surface area contributed by atoms with Crippen LogP contribution >= 0.6 is 0 Å². The molecule has 1 spiro atoms. The summed E-state index contributed by atoms with van der Waals surface area (Å²) in [4.78, 5) is 9.03. The first-order valence-corrected chi connectivity index (χ1v) is 10.2. The standard InChI is InChI=1S/C22H28F3N3/c1-16(2)13-27-14-21(15-27)7-10-28(11-8-21)20-17(12-22(23,24)25)5-6-19-18(20)4-3-9-26-19/h3-6,9,16H,7-8,10-15H2,1-2H3. The molecule has 0 amide bonds. The van der Waals surface area contributed by atoms with E-state index < -0.39 is 12.6 Å². The second-order valence-electron chi connectivity index (χ2n) is 8.99. The van der Waals surface area contributed by atoms with Gasteiger partial charge >= 0.3 is 6.18 Å². The van der Waals surface area contributed by atoms with Crippen molar-refractivity contribution in [3.05, 3.63) is 36.0 Å². The lowest BCUT2D eigenvalue weighted by Gasteiger charge is -2.55. The molecule has 3 heterocycles. The van der Waals surface area contributed by atoms with E-state index in [0.717, 1.165) is 62.2 Å². The Morgan fingerprint density at radius 1 is 1.11 bits per heavy atom. The smallest absolute Gasteiger partial charge is 0.371 e. The van der Waals surface area contributed by atoms with Gasteiger partial charge in [-0.05, 0) is 47.9 Å². The summed E-state index contributed by atoms with van der Waals surface area (Å²) in [5.74, 6) is 0.672. The molecule has 2 aromatic rings. The van der Waals surface area contributed by atoms with E-state index >= 15 is 0 Å². The summed E-state index contributed by atoms with van der Waals surface area (Å²) in [6.45, 7) is 9.50. The zero-order chi connectivity index (χ0) is 19.9. The Morgan fingerprint density at radius 2 is 1.82 bits per heavy atom. The summed E-state index contributed by atoms with van der Waals surface area (Å²) in [7, 11) is 0. The molecule has 0 atom stereocenters. The van der Waals surface area contributed by atoms with E-state index in [1.165, 1.54) is 0 Å². The van der Waals surface area contributed by atoms with Crippen LogP contribution in [0, 0.1) is 11.3 Å². The highest BCUT2D eigenvalue weighted by molar-refractivity contribution is 5.93.